The van der Waals surface area contributed by atoms with Crippen molar-refractivity contribution < 1.29 is 0 Å². The number of imidazole rings is 1. The van der Waals surface area contributed by atoms with Gasteiger partial charge in [0, 0.05) is 6.42 Å². The number of aromatic nitrogens is 2. The SMILES string of the molecule is CSCCc1nc2cccc(Br)n2c1N. The van der Waals surface area contributed by atoms with Crippen molar-refractivity contribution in [2.24, 2.45) is 0 Å². The molecule has 2 rings (SSSR count). The summed E-state index contributed by atoms with van der Waals surface area (Å²) in [5.41, 5.74) is 7.93. The lowest BCUT2D eigenvalue weighted by Gasteiger charge is -2.00. The van der Waals surface area contributed by atoms with Gasteiger partial charge in [-0.15, -0.1) is 0 Å². The number of hydrogen-bond acceptors (Lipinski definition) is 3. The van der Waals surface area contributed by atoms with Gasteiger partial charge in [0.05, 0.1) is 10.3 Å². The van der Waals surface area contributed by atoms with E-state index in [-0.39, 0.29) is 0 Å². The fourth-order valence-electron chi connectivity index (χ4n) is 1.51. The average Bonchev–Trinajstić information content (AvgIpc) is 2.54. The van der Waals surface area contributed by atoms with Crippen molar-refractivity contribution in [2.75, 3.05) is 17.7 Å². The Morgan fingerprint density at radius 2 is 2.33 bits per heavy atom. The maximum atomic E-state index is 6.04. The Morgan fingerprint density at radius 3 is 3.00 bits per heavy atom. The molecule has 80 valence electrons. The summed E-state index contributed by atoms with van der Waals surface area (Å²) in [6, 6.07) is 5.89. The second-order valence-electron chi connectivity index (χ2n) is 3.23. The van der Waals surface area contributed by atoms with E-state index >= 15 is 0 Å². The lowest BCUT2D eigenvalue weighted by atomic mass is 10.3. The summed E-state index contributed by atoms with van der Waals surface area (Å²) in [7, 11) is 0. The Balaban J connectivity index is 2.50. The van der Waals surface area contributed by atoms with Gasteiger partial charge in [-0.2, -0.15) is 11.8 Å². The van der Waals surface area contributed by atoms with Crippen LogP contribution in [0.15, 0.2) is 22.8 Å². The Hall–Kier alpha value is -0.680. The molecule has 2 aromatic rings. The minimum absolute atomic E-state index is 0.742. The summed E-state index contributed by atoms with van der Waals surface area (Å²) in [4.78, 5) is 4.51. The molecule has 15 heavy (non-hydrogen) atoms. The molecule has 0 atom stereocenters. The number of anilines is 1. The first-order chi connectivity index (χ1) is 7.24. The van der Waals surface area contributed by atoms with Crippen LogP contribution in [0.4, 0.5) is 5.82 Å². The molecule has 0 bridgehead atoms. The first kappa shape index (κ1) is 10.8. The van der Waals surface area contributed by atoms with Crippen LogP contribution in [0, 0.1) is 0 Å². The van der Waals surface area contributed by atoms with Gasteiger partial charge in [-0.25, -0.2) is 4.98 Å². The second kappa shape index (κ2) is 4.45. The minimum atomic E-state index is 0.742. The lowest BCUT2D eigenvalue weighted by Crippen LogP contribution is -1.98. The molecular weight excluding hydrogens is 274 g/mol. The number of fused-ring (bicyclic) bond motifs is 1. The van der Waals surface area contributed by atoms with Crippen molar-refractivity contribution in [3.63, 3.8) is 0 Å². The van der Waals surface area contributed by atoms with E-state index in [1.807, 2.05) is 22.6 Å². The first-order valence-corrected chi connectivity index (χ1v) is 6.83. The number of rotatable bonds is 3. The van der Waals surface area contributed by atoms with Gasteiger partial charge in [0.25, 0.3) is 0 Å². The van der Waals surface area contributed by atoms with Crippen LogP contribution in [0.2, 0.25) is 0 Å². The minimum Gasteiger partial charge on any atom is -0.383 e. The normalized spacial score (nSPS) is 11.1. The number of aryl methyl sites for hydroxylation is 1. The lowest BCUT2D eigenvalue weighted by molar-refractivity contribution is 1.09. The maximum absolute atomic E-state index is 6.04. The van der Waals surface area contributed by atoms with Gasteiger partial charge < -0.3 is 5.73 Å². The number of nitrogens with zero attached hydrogens (tertiary/aromatic N) is 2. The summed E-state index contributed by atoms with van der Waals surface area (Å²) in [6.07, 6.45) is 3.00. The van der Waals surface area contributed by atoms with Crippen LogP contribution in [0.25, 0.3) is 5.65 Å². The zero-order chi connectivity index (χ0) is 10.8. The molecule has 2 heterocycles. The van der Waals surface area contributed by atoms with Crippen LogP contribution in [-0.2, 0) is 6.42 Å². The van der Waals surface area contributed by atoms with Crippen molar-refractivity contribution in [2.45, 2.75) is 6.42 Å². The topological polar surface area (TPSA) is 43.3 Å². The summed E-state index contributed by atoms with van der Waals surface area (Å²) >= 11 is 5.27. The number of nitrogens with two attached hydrogens (primary N) is 1. The molecule has 0 radical (unpaired) electrons. The molecule has 0 saturated heterocycles. The number of hydrogen-bond donors (Lipinski definition) is 1. The molecule has 0 saturated carbocycles. The highest BCUT2D eigenvalue weighted by Gasteiger charge is 2.09. The standard InChI is InChI=1S/C10H12BrN3S/c1-15-6-5-7-10(12)14-8(11)3-2-4-9(14)13-7/h2-4H,5-6,12H2,1H3. The van der Waals surface area contributed by atoms with Gasteiger partial charge >= 0.3 is 0 Å². The highest BCUT2D eigenvalue weighted by Crippen LogP contribution is 2.21. The molecule has 0 fully saturated rings. The van der Waals surface area contributed by atoms with Gasteiger partial charge in [0.1, 0.15) is 11.5 Å². The molecule has 0 unspecified atom stereocenters. The predicted molar refractivity (Wildman–Crippen MR) is 69.4 cm³/mol. The predicted octanol–water partition coefficient (Wildman–Crippen LogP) is 2.58. The number of halogens is 1. The van der Waals surface area contributed by atoms with Crippen LogP contribution in [-0.4, -0.2) is 21.4 Å². The van der Waals surface area contributed by atoms with E-state index in [2.05, 4.69) is 27.2 Å². The highest BCUT2D eigenvalue weighted by molar-refractivity contribution is 9.10. The van der Waals surface area contributed by atoms with Crippen LogP contribution < -0.4 is 5.73 Å². The summed E-state index contributed by atoms with van der Waals surface area (Å²) in [6.45, 7) is 0. The van der Waals surface area contributed by atoms with Crippen LogP contribution in [0.5, 0.6) is 0 Å². The number of nitrogen functional groups attached to an aromatic ring is 1. The molecule has 0 amide bonds. The van der Waals surface area contributed by atoms with Crippen molar-refractivity contribution in [1.29, 1.82) is 0 Å². The molecule has 3 nitrogen and oxygen atoms in total. The van der Waals surface area contributed by atoms with E-state index < -0.39 is 0 Å². The van der Waals surface area contributed by atoms with Crippen molar-refractivity contribution in [3.05, 3.63) is 28.5 Å². The van der Waals surface area contributed by atoms with E-state index in [4.69, 9.17) is 5.73 Å². The van der Waals surface area contributed by atoms with Crippen LogP contribution in [0.1, 0.15) is 5.69 Å². The van der Waals surface area contributed by atoms with E-state index in [1.165, 1.54) is 0 Å². The molecule has 2 aromatic heterocycles. The monoisotopic (exact) mass is 285 g/mol. The maximum Gasteiger partial charge on any atom is 0.139 e. The van der Waals surface area contributed by atoms with Gasteiger partial charge in [0.15, 0.2) is 0 Å². The number of pyridine rings is 1. The third-order valence-corrected chi connectivity index (χ3v) is 3.48. The van der Waals surface area contributed by atoms with Gasteiger partial charge in [0.2, 0.25) is 0 Å². The third-order valence-electron chi connectivity index (χ3n) is 2.25. The molecule has 5 heteroatoms. The molecular formula is C10H12BrN3S. The Bertz CT molecular complexity index is 481. The summed E-state index contributed by atoms with van der Waals surface area (Å²) in [5.74, 6) is 1.79. The Kier molecular flexibility index (Phi) is 3.21. The largest absolute Gasteiger partial charge is 0.383 e. The second-order valence-corrected chi connectivity index (χ2v) is 5.03. The molecule has 0 spiro atoms. The van der Waals surface area contributed by atoms with Crippen molar-refractivity contribution >= 4 is 39.2 Å². The highest BCUT2D eigenvalue weighted by atomic mass is 79.9. The van der Waals surface area contributed by atoms with Crippen LogP contribution in [0.3, 0.4) is 0 Å². The van der Waals surface area contributed by atoms with Crippen molar-refractivity contribution in [1.82, 2.24) is 9.38 Å². The zero-order valence-corrected chi connectivity index (χ0v) is 10.8. The fraction of sp³-hybridized carbons (Fsp3) is 0.300. The molecule has 0 aliphatic carbocycles. The molecule has 0 aliphatic heterocycles. The first-order valence-electron chi connectivity index (χ1n) is 4.64. The summed E-state index contributed by atoms with van der Waals surface area (Å²) < 4.78 is 2.87. The fourth-order valence-corrected chi connectivity index (χ4v) is 2.43. The van der Waals surface area contributed by atoms with E-state index in [0.717, 1.165) is 33.9 Å². The Morgan fingerprint density at radius 1 is 1.53 bits per heavy atom. The van der Waals surface area contributed by atoms with Crippen LogP contribution >= 0.6 is 27.7 Å². The van der Waals surface area contributed by atoms with Crippen molar-refractivity contribution in [3.8, 4) is 0 Å². The zero-order valence-electron chi connectivity index (χ0n) is 8.40. The molecule has 2 N–H and O–H groups in total. The summed E-state index contributed by atoms with van der Waals surface area (Å²) in [5, 5.41) is 0. The van der Waals surface area contributed by atoms with Gasteiger partial charge in [-0.05, 0) is 40.1 Å². The average molecular weight is 286 g/mol. The van der Waals surface area contributed by atoms with Gasteiger partial charge in [-0.3, -0.25) is 4.40 Å². The van der Waals surface area contributed by atoms with E-state index in [9.17, 15) is 0 Å². The quantitative estimate of drug-likeness (QED) is 0.882. The van der Waals surface area contributed by atoms with E-state index in [0.29, 0.717) is 0 Å². The smallest absolute Gasteiger partial charge is 0.139 e. The third kappa shape index (κ3) is 1.99. The number of thioether (sulfide) groups is 1. The van der Waals surface area contributed by atoms with E-state index in [1.54, 1.807) is 11.8 Å². The Labute approximate surface area is 101 Å². The molecule has 0 aliphatic rings. The van der Waals surface area contributed by atoms with Gasteiger partial charge in [-0.1, -0.05) is 6.07 Å². The molecule has 0 aromatic carbocycles.